The topological polar surface area (TPSA) is 93.1 Å². The van der Waals surface area contributed by atoms with Crippen molar-refractivity contribution in [3.05, 3.63) is 12.2 Å². The maximum atomic E-state index is 11.7. The minimum absolute atomic E-state index is 0.178. The van der Waals surface area contributed by atoms with Crippen molar-refractivity contribution < 1.29 is 29.3 Å². The highest BCUT2D eigenvalue weighted by atomic mass is 32.2. The molecule has 0 fully saturated rings. The van der Waals surface area contributed by atoms with E-state index in [2.05, 4.69) is 0 Å². The standard InChI is InChI=1S/C18H32O6S2/c1-15(5-3-11-25-13-9-19)23-17(21)7-8-18(22)24-16(2)6-4-12-26-14-10-20/h7-8,15-16,19-20H,3-6,9-14H2,1-2H3/b8-7+. The van der Waals surface area contributed by atoms with Crippen LogP contribution in [0.5, 0.6) is 0 Å². The Bertz CT molecular complexity index is 367. The molecule has 0 spiro atoms. The zero-order chi connectivity index (χ0) is 19.6. The number of carbonyl (C=O) groups excluding carboxylic acids is 2. The molecular weight excluding hydrogens is 376 g/mol. The number of ether oxygens (including phenoxy) is 2. The Balaban J connectivity index is 3.84. The molecule has 0 saturated heterocycles. The minimum atomic E-state index is -0.550. The summed E-state index contributed by atoms with van der Waals surface area (Å²) < 4.78 is 10.4. The first-order valence-corrected chi connectivity index (χ1v) is 11.3. The summed E-state index contributed by atoms with van der Waals surface area (Å²) in [6, 6.07) is 0. The number of aliphatic hydroxyl groups is 2. The van der Waals surface area contributed by atoms with Crippen LogP contribution in [0.4, 0.5) is 0 Å². The SMILES string of the molecule is CC(CCCSCCO)OC(=O)/C=C/C(=O)OC(C)CCCSCCO. The number of carbonyl (C=O) groups is 2. The van der Waals surface area contributed by atoms with E-state index in [1.54, 1.807) is 23.5 Å². The average molecular weight is 409 g/mol. The van der Waals surface area contributed by atoms with Crippen LogP contribution in [0, 0.1) is 0 Å². The number of thioether (sulfide) groups is 2. The molecule has 0 aromatic carbocycles. The smallest absolute Gasteiger partial charge is 0.331 e. The zero-order valence-electron chi connectivity index (χ0n) is 15.7. The van der Waals surface area contributed by atoms with Crippen molar-refractivity contribution in [3.63, 3.8) is 0 Å². The Kier molecular flexibility index (Phi) is 17.2. The van der Waals surface area contributed by atoms with Gasteiger partial charge in [0.15, 0.2) is 0 Å². The first-order valence-electron chi connectivity index (χ1n) is 8.96. The molecule has 0 aliphatic carbocycles. The summed E-state index contributed by atoms with van der Waals surface area (Å²) in [6.07, 6.45) is 5.06. The van der Waals surface area contributed by atoms with Crippen molar-refractivity contribution in [1.82, 2.24) is 0 Å². The van der Waals surface area contributed by atoms with Crippen LogP contribution in [0.25, 0.3) is 0 Å². The predicted octanol–water partition coefficient (Wildman–Crippen LogP) is 2.42. The third-order valence-corrected chi connectivity index (χ3v) is 5.36. The van der Waals surface area contributed by atoms with E-state index in [1.165, 1.54) is 0 Å². The number of hydrogen-bond acceptors (Lipinski definition) is 8. The Labute approximate surface area is 165 Å². The van der Waals surface area contributed by atoms with Gasteiger partial charge in [0.1, 0.15) is 0 Å². The van der Waals surface area contributed by atoms with E-state index >= 15 is 0 Å². The van der Waals surface area contributed by atoms with Crippen LogP contribution in [-0.2, 0) is 19.1 Å². The molecule has 0 aliphatic rings. The summed E-state index contributed by atoms with van der Waals surface area (Å²) in [6.45, 7) is 3.99. The van der Waals surface area contributed by atoms with Gasteiger partial charge in [-0.15, -0.1) is 0 Å². The van der Waals surface area contributed by atoms with Gasteiger partial charge < -0.3 is 19.7 Å². The Hall–Kier alpha value is -0.700. The first-order chi connectivity index (χ1) is 12.5. The maximum Gasteiger partial charge on any atom is 0.331 e. The summed E-state index contributed by atoms with van der Waals surface area (Å²) in [4.78, 5) is 23.3. The molecule has 152 valence electrons. The molecule has 8 heteroatoms. The molecular formula is C18H32O6S2. The van der Waals surface area contributed by atoms with Crippen molar-refractivity contribution in [3.8, 4) is 0 Å². The fourth-order valence-electron chi connectivity index (χ4n) is 2.01. The molecule has 0 rings (SSSR count). The van der Waals surface area contributed by atoms with E-state index in [4.69, 9.17) is 19.7 Å². The van der Waals surface area contributed by atoms with Gasteiger partial charge in [-0.2, -0.15) is 23.5 Å². The quantitative estimate of drug-likeness (QED) is 0.228. The van der Waals surface area contributed by atoms with Gasteiger partial charge in [0.2, 0.25) is 0 Å². The second kappa shape index (κ2) is 17.7. The molecule has 26 heavy (non-hydrogen) atoms. The monoisotopic (exact) mass is 408 g/mol. The normalized spacial score (nSPS) is 13.5. The molecule has 2 unspecified atom stereocenters. The first kappa shape index (κ1) is 25.3. The van der Waals surface area contributed by atoms with Crippen molar-refractivity contribution in [1.29, 1.82) is 0 Å². The molecule has 0 radical (unpaired) electrons. The van der Waals surface area contributed by atoms with Crippen LogP contribution in [0.3, 0.4) is 0 Å². The van der Waals surface area contributed by atoms with Crippen LogP contribution in [0.15, 0.2) is 12.2 Å². The molecule has 0 bridgehead atoms. The van der Waals surface area contributed by atoms with E-state index in [1.807, 2.05) is 13.8 Å². The highest BCUT2D eigenvalue weighted by molar-refractivity contribution is 7.99. The lowest BCUT2D eigenvalue weighted by Gasteiger charge is -2.12. The third kappa shape index (κ3) is 16.8. The molecule has 0 aliphatic heterocycles. The summed E-state index contributed by atoms with van der Waals surface area (Å²) in [7, 11) is 0. The fourth-order valence-corrected chi connectivity index (χ4v) is 3.42. The van der Waals surface area contributed by atoms with Gasteiger partial charge in [0, 0.05) is 23.7 Å². The van der Waals surface area contributed by atoms with Gasteiger partial charge in [-0.25, -0.2) is 9.59 Å². The lowest BCUT2D eigenvalue weighted by Crippen LogP contribution is -2.15. The van der Waals surface area contributed by atoms with Gasteiger partial charge in [0.25, 0.3) is 0 Å². The van der Waals surface area contributed by atoms with E-state index in [9.17, 15) is 9.59 Å². The van der Waals surface area contributed by atoms with Crippen LogP contribution in [0.1, 0.15) is 39.5 Å². The van der Waals surface area contributed by atoms with Crippen molar-refractivity contribution in [2.45, 2.75) is 51.7 Å². The molecule has 0 saturated carbocycles. The van der Waals surface area contributed by atoms with Gasteiger partial charge in [-0.05, 0) is 51.0 Å². The molecule has 2 atom stereocenters. The fraction of sp³-hybridized carbons (Fsp3) is 0.778. The minimum Gasteiger partial charge on any atom is -0.460 e. The summed E-state index contributed by atoms with van der Waals surface area (Å²) in [5.41, 5.74) is 0. The van der Waals surface area contributed by atoms with Crippen molar-refractivity contribution in [2.75, 3.05) is 36.2 Å². The van der Waals surface area contributed by atoms with Crippen molar-refractivity contribution >= 4 is 35.5 Å². The Morgan fingerprint density at radius 2 is 1.19 bits per heavy atom. The number of rotatable bonds is 16. The van der Waals surface area contributed by atoms with Crippen LogP contribution in [-0.4, -0.2) is 70.6 Å². The average Bonchev–Trinajstić information content (AvgIpc) is 2.59. The van der Waals surface area contributed by atoms with Crippen LogP contribution < -0.4 is 0 Å². The number of esters is 2. The van der Waals surface area contributed by atoms with E-state index < -0.39 is 11.9 Å². The molecule has 2 N–H and O–H groups in total. The van der Waals surface area contributed by atoms with Gasteiger partial charge in [0.05, 0.1) is 25.4 Å². The molecule has 0 aromatic heterocycles. The lowest BCUT2D eigenvalue weighted by atomic mass is 10.2. The number of aliphatic hydroxyl groups excluding tert-OH is 2. The van der Waals surface area contributed by atoms with Crippen LogP contribution >= 0.6 is 23.5 Å². The molecule has 0 heterocycles. The van der Waals surface area contributed by atoms with Crippen molar-refractivity contribution in [2.24, 2.45) is 0 Å². The summed E-state index contributed by atoms with van der Waals surface area (Å²) in [5.74, 6) is 2.18. The lowest BCUT2D eigenvalue weighted by molar-refractivity contribution is -0.145. The summed E-state index contributed by atoms with van der Waals surface area (Å²) in [5, 5.41) is 17.4. The molecule has 0 aromatic rings. The van der Waals surface area contributed by atoms with E-state index in [0.717, 1.165) is 60.8 Å². The van der Waals surface area contributed by atoms with E-state index in [0.29, 0.717) is 0 Å². The Morgan fingerprint density at radius 3 is 1.54 bits per heavy atom. The molecule has 0 amide bonds. The summed E-state index contributed by atoms with van der Waals surface area (Å²) >= 11 is 3.33. The van der Waals surface area contributed by atoms with E-state index in [-0.39, 0.29) is 25.4 Å². The highest BCUT2D eigenvalue weighted by Crippen LogP contribution is 2.09. The highest BCUT2D eigenvalue weighted by Gasteiger charge is 2.09. The Morgan fingerprint density at radius 1 is 0.808 bits per heavy atom. The number of hydrogen-bond donors (Lipinski definition) is 2. The zero-order valence-corrected chi connectivity index (χ0v) is 17.4. The molecule has 6 nitrogen and oxygen atoms in total. The predicted molar refractivity (Wildman–Crippen MR) is 108 cm³/mol. The van der Waals surface area contributed by atoms with Gasteiger partial charge in [-0.1, -0.05) is 0 Å². The van der Waals surface area contributed by atoms with Gasteiger partial charge in [-0.3, -0.25) is 0 Å². The second-order valence-corrected chi connectivity index (χ2v) is 8.23. The largest absolute Gasteiger partial charge is 0.460 e. The third-order valence-electron chi connectivity index (χ3n) is 3.26. The maximum absolute atomic E-state index is 11.7. The van der Waals surface area contributed by atoms with Crippen LogP contribution in [0.2, 0.25) is 0 Å². The van der Waals surface area contributed by atoms with Gasteiger partial charge >= 0.3 is 11.9 Å². The second-order valence-electron chi connectivity index (χ2n) is 5.78.